The van der Waals surface area contributed by atoms with Crippen LogP contribution >= 0.6 is 0 Å². The second-order valence-corrected chi connectivity index (χ2v) is 11.9. The topological polar surface area (TPSA) is 29.1 Å². The summed E-state index contributed by atoms with van der Waals surface area (Å²) in [5.74, 6) is 2.85. The summed E-state index contributed by atoms with van der Waals surface area (Å²) in [6, 6.07) is 7.24. The lowest BCUT2D eigenvalue weighted by molar-refractivity contribution is -0.124. The van der Waals surface area contributed by atoms with Gasteiger partial charge in [-0.05, 0) is 104 Å². The maximum Gasteiger partial charge on any atom is 0.220 e. The number of benzene rings is 1. The zero-order valence-electron chi connectivity index (χ0n) is 19.3. The molecule has 5 fully saturated rings. The van der Waals surface area contributed by atoms with Crippen LogP contribution < -0.4 is 5.32 Å². The van der Waals surface area contributed by atoms with E-state index in [1.54, 1.807) is 5.56 Å². The molecular weight excluding hydrogens is 366 g/mol. The van der Waals surface area contributed by atoms with Crippen molar-refractivity contribution < 1.29 is 4.79 Å². The molecule has 5 aliphatic rings. The molecule has 0 aliphatic heterocycles. The number of nitrogens with one attached hydrogen (secondary N) is 1. The molecule has 0 heterocycles. The van der Waals surface area contributed by atoms with Gasteiger partial charge in [-0.15, -0.1) is 0 Å². The molecule has 5 aliphatic carbocycles. The van der Waals surface area contributed by atoms with Gasteiger partial charge in [-0.25, -0.2) is 0 Å². The number of carbonyl (C=O) groups is 1. The quantitative estimate of drug-likeness (QED) is 0.564. The summed E-state index contributed by atoms with van der Waals surface area (Å²) in [4.78, 5) is 12.7. The second-order valence-electron chi connectivity index (χ2n) is 11.9. The number of carbonyl (C=O) groups excluding carboxylic acids is 1. The van der Waals surface area contributed by atoms with Gasteiger partial charge in [-0.1, -0.05) is 50.3 Å². The molecule has 2 nitrogen and oxygen atoms in total. The lowest BCUT2D eigenvalue weighted by Crippen LogP contribution is -2.57. The summed E-state index contributed by atoms with van der Waals surface area (Å²) in [5, 5.41) is 3.43. The van der Waals surface area contributed by atoms with Gasteiger partial charge in [-0.2, -0.15) is 0 Å². The lowest BCUT2D eigenvalue weighted by atomic mass is 9.43. The van der Waals surface area contributed by atoms with Gasteiger partial charge in [0.1, 0.15) is 0 Å². The van der Waals surface area contributed by atoms with Crippen molar-refractivity contribution in [1.29, 1.82) is 0 Å². The first-order chi connectivity index (χ1) is 14.5. The fourth-order valence-corrected chi connectivity index (χ4v) is 8.25. The first-order valence-electron chi connectivity index (χ1n) is 12.8. The summed E-state index contributed by atoms with van der Waals surface area (Å²) in [6.07, 6.45) is 16.9. The van der Waals surface area contributed by atoms with Crippen molar-refractivity contribution in [1.82, 2.24) is 5.32 Å². The van der Waals surface area contributed by atoms with Gasteiger partial charge in [0.05, 0.1) is 0 Å². The van der Waals surface area contributed by atoms with Gasteiger partial charge in [0, 0.05) is 13.0 Å². The van der Waals surface area contributed by atoms with E-state index in [1.807, 2.05) is 0 Å². The summed E-state index contributed by atoms with van der Waals surface area (Å²) in [6.45, 7) is 5.42. The van der Waals surface area contributed by atoms with E-state index in [-0.39, 0.29) is 0 Å². The fourth-order valence-electron chi connectivity index (χ4n) is 8.25. The number of hydrogen-bond acceptors (Lipinski definition) is 1. The summed E-state index contributed by atoms with van der Waals surface area (Å²) >= 11 is 0. The molecule has 0 unspecified atom stereocenters. The Morgan fingerprint density at radius 2 is 1.73 bits per heavy atom. The van der Waals surface area contributed by atoms with Crippen LogP contribution in [0.25, 0.3) is 0 Å². The van der Waals surface area contributed by atoms with Crippen molar-refractivity contribution in [2.75, 3.05) is 6.54 Å². The molecule has 6 rings (SSSR count). The Bertz CT molecular complexity index is 776. The number of aryl methyl sites for hydroxylation is 2. The van der Waals surface area contributed by atoms with Gasteiger partial charge >= 0.3 is 0 Å². The van der Waals surface area contributed by atoms with E-state index in [1.165, 1.54) is 81.8 Å². The third-order valence-electron chi connectivity index (χ3n) is 9.47. The number of rotatable bonds is 6. The van der Waals surface area contributed by atoms with Gasteiger partial charge < -0.3 is 5.32 Å². The third-order valence-corrected chi connectivity index (χ3v) is 9.47. The first kappa shape index (κ1) is 20.6. The third kappa shape index (κ3) is 3.96. The minimum atomic E-state index is 0.316. The van der Waals surface area contributed by atoms with Crippen molar-refractivity contribution in [2.45, 2.75) is 103 Å². The molecule has 4 bridgehead atoms. The standard InChI is InChI=1S/C28H41NO/c1-20-8-10-25(12-21(20)2)28-16-23-13-24(17-28)15-27(14-23,18-28)19-29-26(30)11-9-22-6-4-3-5-7-22/h8,10,12,22-24H,3-7,9,11,13-19H2,1-2H3,(H,29,30)/t23-,24-,27?,28?/m0/s1. The van der Waals surface area contributed by atoms with Crippen LogP contribution in [0.5, 0.6) is 0 Å². The van der Waals surface area contributed by atoms with E-state index < -0.39 is 0 Å². The van der Waals surface area contributed by atoms with Crippen molar-refractivity contribution >= 4 is 5.91 Å². The fraction of sp³-hybridized carbons (Fsp3) is 0.750. The Labute approximate surface area is 183 Å². The Morgan fingerprint density at radius 3 is 2.43 bits per heavy atom. The molecule has 164 valence electrons. The van der Waals surface area contributed by atoms with Gasteiger partial charge in [0.25, 0.3) is 0 Å². The van der Waals surface area contributed by atoms with Crippen molar-refractivity contribution in [2.24, 2.45) is 23.2 Å². The van der Waals surface area contributed by atoms with Crippen LogP contribution in [0.3, 0.4) is 0 Å². The highest BCUT2D eigenvalue weighted by molar-refractivity contribution is 5.75. The van der Waals surface area contributed by atoms with E-state index in [9.17, 15) is 4.79 Å². The van der Waals surface area contributed by atoms with Crippen LogP contribution in [-0.2, 0) is 10.2 Å². The first-order valence-corrected chi connectivity index (χ1v) is 12.8. The van der Waals surface area contributed by atoms with E-state index in [4.69, 9.17) is 0 Å². The summed E-state index contributed by atoms with van der Waals surface area (Å²) in [7, 11) is 0. The van der Waals surface area contributed by atoms with Crippen molar-refractivity contribution in [3.63, 3.8) is 0 Å². The molecule has 1 aromatic carbocycles. The molecule has 30 heavy (non-hydrogen) atoms. The molecule has 5 saturated carbocycles. The zero-order chi connectivity index (χ0) is 20.8. The average Bonchev–Trinajstić information content (AvgIpc) is 2.72. The second kappa shape index (κ2) is 7.99. The van der Waals surface area contributed by atoms with Crippen LogP contribution in [0.4, 0.5) is 0 Å². The molecule has 0 spiro atoms. The monoisotopic (exact) mass is 407 g/mol. The predicted octanol–water partition coefficient (Wildman–Crippen LogP) is 6.62. The molecule has 1 aromatic rings. The molecule has 2 atom stereocenters. The summed E-state index contributed by atoms with van der Waals surface area (Å²) < 4.78 is 0. The maximum atomic E-state index is 12.7. The molecule has 2 heteroatoms. The minimum absolute atomic E-state index is 0.316. The zero-order valence-corrected chi connectivity index (χ0v) is 19.3. The highest BCUT2D eigenvalue weighted by atomic mass is 16.1. The SMILES string of the molecule is Cc1ccc(C23C[C@H]4C[C@@H](CC(CNC(=O)CCC5CCCCC5)(C4)C2)C3)cc1C. The van der Waals surface area contributed by atoms with Crippen LogP contribution in [0.15, 0.2) is 18.2 Å². The Hall–Kier alpha value is -1.31. The van der Waals surface area contributed by atoms with Crippen LogP contribution in [0.2, 0.25) is 0 Å². The summed E-state index contributed by atoms with van der Waals surface area (Å²) in [5.41, 5.74) is 5.16. The predicted molar refractivity (Wildman–Crippen MR) is 124 cm³/mol. The molecular formula is C28H41NO. The molecule has 0 saturated heterocycles. The lowest BCUT2D eigenvalue weighted by Gasteiger charge is -2.62. The minimum Gasteiger partial charge on any atom is -0.356 e. The molecule has 0 radical (unpaired) electrons. The number of amides is 1. The number of hydrogen-bond donors (Lipinski definition) is 1. The smallest absolute Gasteiger partial charge is 0.220 e. The molecule has 0 aromatic heterocycles. The normalized spacial score (nSPS) is 35.5. The Balaban J connectivity index is 1.25. The molecule has 1 N–H and O–H groups in total. The molecule has 1 amide bonds. The van der Waals surface area contributed by atoms with Crippen LogP contribution in [0, 0.1) is 37.0 Å². The van der Waals surface area contributed by atoms with Crippen molar-refractivity contribution in [3.05, 3.63) is 34.9 Å². The van der Waals surface area contributed by atoms with Crippen LogP contribution in [0.1, 0.15) is 100 Å². The van der Waals surface area contributed by atoms with Crippen LogP contribution in [-0.4, -0.2) is 12.5 Å². The Kier molecular flexibility index (Phi) is 5.48. The Morgan fingerprint density at radius 1 is 1.00 bits per heavy atom. The average molecular weight is 408 g/mol. The van der Waals surface area contributed by atoms with E-state index in [2.05, 4.69) is 37.4 Å². The van der Waals surface area contributed by atoms with E-state index in [0.717, 1.165) is 37.1 Å². The van der Waals surface area contributed by atoms with E-state index >= 15 is 0 Å². The van der Waals surface area contributed by atoms with Gasteiger partial charge in [0.15, 0.2) is 0 Å². The van der Waals surface area contributed by atoms with Crippen molar-refractivity contribution in [3.8, 4) is 0 Å². The van der Waals surface area contributed by atoms with Gasteiger partial charge in [0.2, 0.25) is 5.91 Å². The van der Waals surface area contributed by atoms with E-state index in [0.29, 0.717) is 16.7 Å². The largest absolute Gasteiger partial charge is 0.356 e. The highest BCUT2D eigenvalue weighted by Gasteiger charge is 2.58. The van der Waals surface area contributed by atoms with Gasteiger partial charge in [-0.3, -0.25) is 4.79 Å². The highest BCUT2D eigenvalue weighted by Crippen LogP contribution is 2.65. The maximum absolute atomic E-state index is 12.7.